The highest BCUT2D eigenvalue weighted by Gasteiger charge is 2.22. The van der Waals surface area contributed by atoms with Crippen LogP contribution in [0.1, 0.15) is 10.4 Å². The molecule has 0 fully saturated rings. The van der Waals surface area contributed by atoms with Crippen molar-refractivity contribution in [3.8, 4) is 5.75 Å². The van der Waals surface area contributed by atoms with Gasteiger partial charge in [-0.1, -0.05) is 29.3 Å². The Kier molecular flexibility index (Phi) is 6.22. The van der Waals surface area contributed by atoms with Gasteiger partial charge in [-0.3, -0.25) is 9.59 Å². The van der Waals surface area contributed by atoms with Crippen LogP contribution in [-0.2, 0) is 4.79 Å². The minimum atomic E-state index is -0.721. The number of anilines is 1. The first-order valence-electron chi connectivity index (χ1n) is 7.16. The largest absolute Gasteiger partial charge is 0.496 e. The minimum Gasteiger partial charge on any atom is -0.496 e. The van der Waals surface area contributed by atoms with E-state index < -0.39 is 17.6 Å². The van der Waals surface area contributed by atoms with E-state index in [9.17, 15) is 14.0 Å². The number of nitrogens with zero attached hydrogens (tertiary/aromatic N) is 1. The standard InChI is InChI=1S/C17H15Cl2FN2O3/c1-22(17(24)16-13(20)4-3-5-14(16)25-2)9-15(23)21-10-6-7-11(18)12(19)8-10/h3-8H,9H2,1-2H3,(H,21,23). The fourth-order valence-electron chi connectivity index (χ4n) is 2.13. The zero-order chi connectivity index (χ0) is 18.6. The van der Waals surface area contributed by atoms with Crippen molar-refractivity contribution in [3.63, 3.8) is 0 Å². The van der Waals surface area contributed by atoms with Crippen LogP contribution in [0.15, 0.2) is 36.4 Å². The van der Waals surface area contributed by atoms with Crippen LogP contribution in [0.25, 0.3) is 0 Å². The highest BCUT2D eigenvalue weighted by molar-refractivity contribution is 6.42. The number of hydrogen-bond acceptors (Lipinski definition) is 3. The number of methoxy groups -OCH3 is 1. The fraction of sp³-hybridized carbons (Fsp3) is 0.176. The summed E-state index contributed by atoms with van der Waals surface area (Å²) in [5.74, 6) is -1.76. The molecule has 2 aromatic rings. The third-order valence-corrected chi connectivity index (χ3v) is 4.08. The Morgan fingerprint density at radius 1 is 1.20 bits per heavy atom. The van der Waals surface area contributed by atoms with E-state index in [0.29, 0.717) is 15.7 Å². The number of hydrogen-bond donors (Lipinski definition) is 1. The maximum Gasteiger partial charge on any atom is 0.260 e. The summed E-state index contributed by atoms with van der Waals surface area (Å²) in [6.45, 7) is -0.281. The van der Waals surface area contributed by atoms with Crippen molar-refractivity contribution < 1.29 is 18.7 Å². The normalized spacial score (nSPS) is 10.3. The number of carbonyl (C=O) groups is 2. The lowest BCUT2D eigenvalue weighted by atomic mass is 10.1. The molecule has 0 bridgehead atoms. The lowest BCUT2D eigenvalue weighted by molar-refractivity contribution is -0.116. The van der Waals surface area contributed by atoms with Gasteiger partial charge < -0.3 is 15.0 Å². The summed E-state index contributed by atoms with van der Waals surface area (Å²) < 4.78 is 19.0. The highest BCUT2D eigenvalue weighted by Crippen LogP contribution is 2.25. The number of rotatable bonds is 5. The Balaban J connectivity index is 2.08. The average molecular weight is 385 g/mol. The topological polar surface area (TPSA) is 58.6 Å². The van der Waals surface area contributed by atoms with Gasteiger partial charge in [-0.15, -0.1) is 0 Å². The number of nitrogens with one attached hydrogen (secondary N) is 1. The van der Waals surface area contributed by atoms with Crippen molar-refractivity contribution in [2.45, 2.75) is 0 Å². The molecule has 0 spiro atoms. The molecule has 2 rings (SSSR count). The maximum absolute atomic E-state index is 14.0. The van der Waals surface area contributed by atoms with E-state index in [1.54, 1.807) is 12.1 Å². The van der Waals surface area contributed by atoms with Gasteiger partial charge >= 0.3 is 0 Å². The SMILES string of the molecule is COc1cccc(F)c1C(=O)N(C)CC(=O)Nc1ccc(Cl)c(Cl)c1. The number of ether oxygens (including phenoxy) is 1. The second-order valence-corrected chi connectivity index (χ2v) is 5.97. The molecule has 132 valence electrons. The fourth-order valence-corrected chi connectivity index (χ4v) is 2.43. The maximum atomic E-state index is 14.0. The molecule has 0 saturated carbocycles. The van der Waals surface area contributed by atoms with Gasteiger partial charge in [-0.05, 0) is 30.3 Å². The van der Waals surface area contributed by atoms with Crippen LogP contribution in [0.4, 0.5) is 10.1 Å². The Morgan fingerprint density at radius 2 is 1.92 bits per heavy atom. The summed E-state index contributed by atoms with van der Waals surface area (Å²) in [4.78, 5) is 25.6. The van der Waals surface area contributed by atoms with Gasteiger partial charge in [0, 0.05) is 12.7 Å². The first-order chi connectivity index (χ1) is 11.8. The number of likely N-dealkylation sites (N-methyl/N-ethyl adjacent to an activating group) is 1. The van der Waals surface area contributed by atoms with Crippen molar-refractivity contribution in [1.29, 1.82) is 0 Å². The predicted molar refractivity (Wildman–Crippen MR) is 95.0 cm³/mol. The molecule has 0 heterocycles. The second kappa shape index (κ2) is 8.18. The summed E-state index contributed by atoms with van der Waals surface area (Å²) >= 11 is 11.7. The van der Waals surface area contributed by atoms with Crippen LogP contribution in [0.5, 0.6) is 5.75 Å². The van der Waals surface area contributed by atoms with E-state index in [-0.39, 0.29) is 17.9 Å². The van der Waals surface area contributed by atoms with Crippen molar-refractivity contribution in [2.24, 2.45) is 0 Å². The molecule has 2 aromatic carbocycles. The molecule has 0 radical (unpaired) electrons. The molecule has 0 aliphatic carbocycles. The van der Waals surface area contributed by atoms with E-state index in [2.05, 4.69) is 5.32 Å². The minimum absolute atomic E-state index is 0.0988. The molecular weight excluding hydrogens is 370 g/mol. The summed E-state index contributed by atoms with van der Waals surface area (Å²) in [6.07, 6.45) is 0. The van der Waals surface area contributed by atoms with Crippen molar-refractivity contribution in [1.82, 2.24) is 4.90 Å². The van der Waals surface area contributed by atoms with Gasteiger partial charge in [0.15, 0.2) is 0 Å². The monoisotopic (exact) mass is 384 g/mol. The smallest absolute Gasteiger partial charge is 0.260 e. The van der Waals surface area contributed by atoms with Gasteiger partial charge in [-0.2, -0.15) is 0 Å². The first kappa shape index (κ1) is 19.0. The van der Waals surface area contributed by atoms with E-state index in [4.69, 9.17) is 27.9 Å². The second-order valence-electron chi connectivity index (χ2n) is 5.16. The Morgan fingerprint density at radius 3 is 2.56 bits per heavy atom. The van der Waals surface area contributed by atoms with Gasteiger partial charge in [0.05, 0.1) is 23.7 Å². The third kappa shape index (κ3) is 4.61. The molecule has 5 nitrogen and oxygen atoms in total. The van der Waals surface area contributed by atoms with Crippen LogP contribution in [-0.4, -0.2) is 37.4 Å². The van der Waals surface area contributed by atoms with Crippen molar-refractivity contribution >= 4 is 40.7 Å². The van der Waals surface area contributed by atoms with Crippen LogP contribution in [0.2, 0.25) is 10.0 Å². The van der Waals surface area contributed by atoms with E-state index in [1.807, 2.05) is 0 Å². The van der Waals surface area contributed by atoms with Crippen LogP contribution < -0.4 is 10.1 Å². The van der Waals surface area contributed by atoms with Gasteiger partial charge in [0.2, 0.25) is 5.91 Å². The Labute approximate surface area is 154 Å². The van der Waals surface area contributed by atoms with Crippen molar-refractivity contribution in [2.75, 3.05) is 26.0 Å². The highest BCUT2D eigenvalue weighted by atomic mass is 35.5. The zero-order valence-corrected chi connectivity index (χ0v) is 15.0. The zero-order valence-electron chi connectivity index (χ0n) is 13.5. The van der Waals surface area contributed by atoms with Gasteiger partial charge in [0.1, 0.15) is 17.1 Å². The third-order valence-electron chi connectivity index (χ3n) is 3.34. The number of carbonyl (C=O) groups excluding carboxylic acids is 2. The molecule has 0 aromatic heterocycles. The number of benzene rings is 2. The predicted octanol–water partition coefficient (Wildman–Crippen LogP) is 3.85. The van der Waals surface area contributed by atoms with Gasteiger partial charge in [0.25, 0.3) is 5.91 Å². The summed E-state index contributed by atoms with van der Waals surface area (Å²) in [6, 6.07) is 8.66. The molecule has 0 aliphatic rings. The molecule has 0 saturated heterocycles. The van der Waals surface area contributed by atoms with Gasteiger partial charge in [-0.25, -0.2) is 4.39 Å². The molecule has 25 heavy (non-hydrogen) atoms. The molecule has 0 atom stereocenters. The number of halogens is 3. The molecule has 8 heteroatoms. The molecular formula is C17H15Cl2FN2O3. The molecule has 0 unspecified atom stereocenters. The van der Waals surface area contributed by atoms with Crippen molar-refractivity contribution in [3.05, 3.63) is 57.8 Å². The van der Waals surface area contributed by atoms with E-state index in [1.165, 1.54) is 32.4 Å². The van der Waals surface area contributed by atoms with Crippen LogP contribution in [0.3, 0.4) is 0 Å². The summed E-state index contributed by atoms with van der Waals surface area (Å²) in [7, 11) is 2.73. The van der Waals surface area contributed by atoms with E-state index >= 15 is 0 Å². The molecule has 1 N–H and O–H groups in total. The first-order valence-corrected chi connectivity index (χ1v) is 7.92. The quantitative estimate of drug-likeness (QED) is 0.851. The summed E-state index contributed by atoms with van der Waals surface area (Å²) in [5, 5.41) is 3.24. The average Bonchev–Trinajstić information content (AvgIpc) is 2.57. The van der Waals surface area contributed by atoms with Crippen LogP contribution >= 0.6 is 23.2 Å². The lowest BCUT2D eigenvalue weighted by Crippen LogP contribution is -2.35. The Bertz CT molecular complexity index is 814. The lowest BCUT2D eigenvalue weighted by Gasteiger charge is -2.18. The summed E-state index contributed by atoms with van der Waals surface area (Å²) in [5.41, 5.74) is 0.207. The number of amides is 2. The van der Waals surface area contributed by atoms with E-state index in [0.717, 1.165) is 11.0 Å². The molecule has 2 amide bonds. The Hall–Kier alpha value is -2.31. The van der Waals surface area contributed by atoms with Crippen LogP contribution in [0, 0.1) is 5.82 Å². The molecule has 0 aliphatic heterocycles.